The smallest absolute Gasteiger partial charge is 0.191 e. The first-order valence-electron chi connectivity index (χ1n) is 7.42. The van der Waals surface area contributed by atoms with Gasteiger partial charge in [0.25, 0.3) is 0 Å². The van der Waals surface area contributed by atoms with Crippen molar-refractivity contribution in [3.05, 3.63) is 0 Å². The number of halogens is 1. The van der Waals surface area contributed by atoms with Crippen LogP contribution in [0, 0.1) is 11.8 Å². The maximum atomic E-state index is 5.66. The molecule has 0 bridgehead atoms. The van der Waals surface area contributed by atoms with Gasteiger partial charge in [0.1, 0.15) is 0 Å². The van der Waals surface area contributed by atoms with Crippen LogP contribution in [0.1, 0.15) is 26.2 Å². The second kappa shape index (κ2) is 9.78. The van der Waals surface area contributed by atoms with Gasteiger partial charge in [-0.25, -0.2) is 0 Å². The van der Waals surface area contributed by atoms with Crippen LogP contribution < -0.4 is 10.6 Å². The van der Waals surface area contributed by atoms with Crippen LogP contribution in [0.2, 0.25) is 0 Å². The summed E-state index contributed by atoms with van der Waals surface area (Å²) in [7, 11) is 1.82. The summed E-state index contributed by atoms with van der Waals surface area (Å²) in [5.74, 6) is 2.31. The number of ether oxygens (including phenoxy) is 2. The summed E-state index contributed by atoms with van der Waals surface area (Å²) >= 11 is 0. The zero-order chi connectivity index (χ0) is 13.5. The van der Waals surface area contributed by atoms with Crippen LogP contribution >= 0.6 is 24.0 Å². The Kier molecular flexibility index (Phi) is 8.79. The largest absolute Gasteiger partial charge is 0.381 e. The first kappa shape index (κ1) is 18.0. The first-order valence-corrected chi connectivity index (χ1v) is 7.42. The molecule has 2 N–H and O–H groups in total. The number of aliphatic imine (C=N–C) groups is 1. The van der Waals surface area contributed by atoms with E-state index < -0.39 is 0 Å². The lowest BCUT2D eigenvalue weighted by molar-refractivity contribution is 0.0888. The van der Waals surface area contributed by atoms with E-state index in [0.717, 1.165) is 57.7 Å². The Balaban J connectivity index is 0.00000200. The van der Waals surface area contributed by atoms with Gasteiger partial charge in [0.05, 0.1) is 13.2 Å². The molecule has 118 valence electrons. The van der Waals surface area contributed by atoms with E-state index in [-0.39, 0.29) is 24.0 Å². The molecule has 1 aliphatic carbocycles. The van der Waals surface area contributed by atoms with E-state index >= 15 is 0 Å². The molecule has 3 atom stereocenters. The van der Waals surface area contributed by atoms with Crippen molar-refractivity contribution in [1.82, 2.24) is 10.6 Å². The van der Waals surface area contributed by atoms with Crippen LogP contribution in [0.15, 0.2) is 4.99 Å². The average Bonchev–Trinajstić information content (AvgIpc) is 2.91. The molecule has 2 rings (SSSR count). The molecule has 6 heteroatoms. The number of hydrogen-bond acceptors (Lipinski definition) is 3. The second-order valence-corrected chi connectivity index (χ2v) is 5.62. The number of rotatable bonds is 7. The van der Waals surface area contributed by atoms with Gasteiger partial charge in [0, 0.05) is 38.8 Å². The van der Waals surface area contributed by atoms with Gasteiger partial charge < -0.3 is 20.1 Å². The van der Waals surface area contributed by atoms with Gasteiger partial charge in [-0.2, -0.15) is 0 Å². The Hall–Kier alpha value is -0.0800. The Morgan fingerprint density at radius 2 is 2.25 bits per heavy atom. The minimum atomic E-state index is 0. The fourth-order valence-electron chi connectivity index (χ4n) is 2.24. The molecule has 20 heavy (non-hydrogen) atoms. The molecule has 0 aromatic carbocycles. The lowest BCUT2D eigenvalue weighted by atomic mass is 10.1. The molecule has 1 saturated heterocycles. The zero-order valence-corrected chi connectivity index (χ0v) is 14.9. The zero-order valence-electron chi connectivity index (χ0n) is 12.6. The van der Waals surface area contributed by atoms with E-state index in [1.807, 2.05) is 7.05 Å². The van der Waals surface area contributed by atoms with Gasteiger partial charge in [-0.1, -0.05) is 6.92 Å². The Morgan fingerprint density at radius 1 is 1.45 bits per heavy atom. The molecule has 3 unspecified atom stereocenters. The predicted molar refractivity (Wildman–Crippen MR) is 91.8 cm³/mol. The van der Waals surface area contributed by atoms with Crippen molar-refractivity contribution in [1.29, 1.82) is 0 Å². The fourth-order valence-corrected chi connectivity index (χ4v) is 2.24. The third kappa shape index (κ3) is 6.58. The molecule has 2 aliphatic rings. The number of guanidine groups is 1. The number of nitrogens with one attached hydrogen (secondary N) is 2. The molecule has 0 aromatic heterocycles. The van der Waals surface area contributed by atoms with Crippen molar-refractivity contribution in [2.24, 2.45) is 16.8 Å². The van der Waals surface area contributed by atoms with Crippen LogP contribution in [0.4, 0.5) is 0 Å². The monoisotopic (exact) mass is 397 g/mol. The van der Waals surface area contributed by atoms with Gasteiger partial charge in [-0.05, 0) is 25.2 Å². The molecule has 0 radical (unpaired) electrons. The van der Waals surface area contributed by atoms with Gasteiger partial charge in [0.2, 0.25) is 0 Å². The SMILES string of the molecule is CN=C(NCCCOCC1CCOC1)NC1CC1C.I. The molecule has 1 aliphatic heterocycles. The van der Waals surface area contributed by atoms with E-state index in [0.29, 0.717) is 12.0 Å². The summed E-state index contributed by atoms with van der Waals surface area (Å²) in [6.07, 6.45) is 3.41. The normalized spacial score (nSPS) is 28.9. The fraction of sp³-hybridized carbons (Fsp3) is 0.929. The van der Waals surface area contributed by atoms with E-state index in [2.05, 4.69) is 22.5 Å². The molecule has 1 heterocycles. The minimum absolute atomic E-state index is 0. The van der Waals surface area contributed by atoms with Gasteiger partial charge in [0.15, 0.2) is 5.96 Å². The lowest BCUT2D eigenvalue weighted by Gasteiger charge is -2.12. The van der Waals surface area contributed by atoms with E-state index in [9.17, 15) is 0 Å². The Bertz CT molecular complexity index is 296. The third-order valence-corrected chi connectivity index (χ3v) is 3.79. The van der Waals surface area contributed by atoms with Gasteiger partial charge >= 0.3 is 0 Å². The lowest BCUT2D eigenvalue weighted by Crippen LogP contribution is -2.39. The van der Waals surface area contributed by atoms with Crippen molar-refractivity contribution in [2.45, 2.75) is 32.2 Å². The van der Waals surface area contributed by atoms with Gasteiger partial charge in [-0.3, -0.25) is 4.99 Å². The van der Waals surface area contributed by atoms with Crippen molar-refractivity contribution < 1.29 is 9.47 Å². The average molecular weight is 397 g/mol. The van der Waals surface area contributed by atoms with E-state index in [1.165, 1.54) is 6.42 Å². The summed E-state index contributed by atoms with van der Waals surface area (Å²) in [6, 6.07) is 0.616. The van der Waals surface area contributed by atoms with Crippen molar-refractivity contribution in [2.75, 3.05) is 40.0 Å². The van der Waals surface area contributed by atoms with Crippen LogP contribution in [0.5, 0.6) is 0 Å². The summed E-state index contributed by atoms with van der Waals surface area (Å²) in [5.41, 5.74) is 0. The highest BCUT2D eigenvalue weighted by atomic mass is 127. The molecule has 2 fully saturated rings. The highest BCUT2D eigenvalue weighted by Crippen LogP contribution is 2.28. The topological polar surface area (TPSA) is 54.9 Å². The quantitative estimate of drug-likeness (QED) is 0.297. The Labute approximate surface area is 139 Å². The third-order valence-electron chi connectivity index (χ3n) is 3.79. The molecule has 5 nitrogen and oxygen atoms in total. The Morgan fingerprint density at radius 3 is 2.85 bits per heavy atom. The van der Waals surface area contributed by atoms with Crippen molar-refractivity contribution >= 4 is 29.9 Å². The van der Waals surface area contributed by atoms with Gasteiger partial charge in [-0.15, -0.1) is 24.0 Å². The molecule has 0 spiro atoms. The molecule has 0 aromatic rings. The molecule has 0 amide bonds. The standard InChI is InChI=1S/C14H27N3O2.HI/c1-11-8-13(11)17-14(15-2)16-5-3-6-18-9-12-4-7-19-10-12;/h11-13H,3-10H2,1-2H3,(H2,15,16,17);1H. The maximum absolute atomic E-state index is 5.66. The van der Waals surface area contributed by atoms with E-state index in [1.54, 1.807) is 0 Å². The maximum Gasteiger partial charge on any atom is 0.191 e. The minimum Gasteiger partial charge on any atom is -0.381 e. The summed E-state index contributed by atoms with van der Waals surface area (Å²) in [5, 5.41) is 6.73. The predicted octanol–water partition coefficient (Wildman–Crippen LogP) is 1.62. The molecular weight excluding hydrogens is 369 g/mol. The summed E-state index contributed by atoms with van der Waals surface area (Å²) in [6.45, 7) is 6.58. The summed E-state index contributed by atoms with van der Waals surface area (Å²) < 4.78 is 11.0. The van der Waals surface area contributed by atoms with Crippen molar-refractivity contribution in [3.8, 4) is 0 Å². The van der Waals surface area contributed by atoms with Crippen molar-refractivity contribution in [3.63, 3.8) is 0 Å². The molecular formula is C14H28IN3O2. The second-order valence-electron chi connectivity index (χ2n) is 5.62. The van der Waals surface area contributed by atoms with Crippen LogP contribution in [0.3, 0.4) is 0 Å². The first-order chi connectivity index (χ1) is 9.29. The molecule has 1 saturated carbocycles. The van der Waals surface area contributed by atoms with Crippen LogP contribution in [0.25, 0.3) is 0 Å². The van der Waals surface area contributed by atoms with E-state index in [4.69, 9.17) is 9.47 Å². The highest BCUT2D eigenvalue weighted by molar-refractivity contribution is 14.0. The number of nitrogens with zero attached hydrogens (tertiary/aromatic N) is 1. The highest BCUT2D eigenvalue weighted by Gasteiger charge is 2.33. The van der Waals surface area contributed by atoms with Crippen LogP contribution in [-0.2, 0) is 9.47 Å². The number of hydrogen-bond donors (Lipinski definition) is 2. The summed E-state index contributed by atoms with van der Waals surface area (Å²) in [4.78, 5) is 4.22. The van der Waals surface area contributed by atoms with Crippen LogP contribution in [-0.4, -0.2) is 52.0 Å².